The quantitative estimate of drug-likeness (QED) is 0.774. The van der Waals surface area contributed by atoms with Gasteiger partial charge >= 0.3 is 0 Å². The summed E-state index contributed by atoms with van der Waals surface area (Å²) in [6.07, 6.45) is 0. The van der Waals surface area contributed by atoms with Gasteiger partial charge in [-0.25, -0.2) is 0 Å². The van der Waals surface area contributed by atoms with Gasteiger partial charge in [-0.15, -0.1) is 0 Å². The fraction of sp³-hybridized carbons (Fsp3) is 0.250. The lowest BCUT2D eigenvalue weighted by Crippen LogP contribution is -2.22. The molecule has 1 nitrogen and oxygen atoms in total. The van der Waals surface area contributed by atoms with Crippen LogP contribution >= 0.6 is 27.5 Å². The molecule has 0 bridgehead atoms. The molecular formula is C16H17BrClN. The van der Waals surface area contributed by atoms with Crippen molar-refractivity contribution in [2.24, 2.45) is 0 Å². The summed E-state index contributed by atoms with van der Waals surface area (Å²) in [5.41, 5.74) is 2.52. The summed E-state index contributed by atoms with van der Waals surface area (Å²) >= 11 is 9.42. The normalized spacial score (nSPS) is 14.1. The van der Waals surface area contributed by atoms with E-state index < -0.39 is 0 Å². The molecule has 0 heterocycles. The number of rotatable bonds is 4. The van der Waals surface area contributed by atoms with Crippen LogP contribution in [0.3, 0.4) is 0 Å². The summed E-state index contributed by atoms with van der Waals surface area (Å²) in [6, 6.07) is 16.9. The Morgan fingerprint density at radius 2 is 1.58 bits per heavy atom. The minimum Gasteiger partial charge on any atom is -0.304 e. The van der Waals surface area contributed by atoms with E-state index in [4.69, 9.17) is 11.6 Å². The predicted octanol–water partition coefficient (Wildman–Crippen LogP) is 5.51. The standard InChI is InChI=1S/C16H17BrClN/c1-11(13-6-8-16(18)9-7-13)19-12(2)14-4-3-5-15(17)10-14/h3-12,19H,1-2H3/t11-,12?/m0/s1. The maximum atomic E-state index is 5.91. The number of nitrogens with one attached hydrogen (secondary N) is 1. The molecule has 0 saturated carbocycles. The second-order valence-electron chi connectivity index (χ2n) is 4.72. The highest BCUT2D eigenvalue weighted by atomic mass is 79.9. The van der Waals surface area contributed by atoms with Gasteiger partial charge in [-0.3, -0.25) is 0 Å². The van der Waals surface area contributed by atoms with Crippen molar-refractivity contribution in [2.75, 3.05) is 0 Å². The van der Waals surface area contributed by atoms with Gasteiger partial charge in [0, 0.05) is 21.6 Å². The van der Waals surface area contributed by atoms with Crippen LogP contribution in [-0.2, 0) is 0 Å². The van der Waals surface area contributed by atoms with Crippen LogP contribution in [0.5, 0.6) is 0 Å². The number of hydrogen-bond acceptors (Lipinski definition) is 1. The molecule has 0 aliphatic carbocycles. The first-order valence-electron chi connectivity index (χ1n) is 6.33. The van der Waals surface area contributed by atoms with Gasteiger partial charge in [-0.05, 0) is 49.2 Å². The fourth-order valence-electron chi connectivity index (χ4n) is 2.09. The van der Waals surface area contributed by atoms with Crippen molar-refractivity contribution in [1.82, 2.24) is 5.32 Å². The lowest BCUT2D eigenvalue weighted by atomic mass is 10.0. The second kappa shape index (κ2) is 6.56. The van der Waals surface area contributed by atoms with Crippen LogP contribution in [0.4, 0.5) is 0 Å². The minimum atomic E-state index is 0.284. The van der Waals surface area contributed by atoms with Crippen molar-refractivity contribution in [3.8, 4) is 0 Å². The molecule has 1 unspecified atom stereocenters. The summed E-state index contributed by atoms with van der Waals surface area (Å²) in [5, 5.41) is 4.37. The van der Waals surface area contributed by atoms with Gasteiger partial charge in [0.25, 0.3) is 0 Å². The lowest BCUT2D eigenvalue weighted by molar-refractivity contribution is 0.494. The topological polar surface area (TPSA) is 12.0 Å². The van der Waals surface area contributed by atoms with Crippen molar-refractivity contribution >= 4 is 27.5 Å². The maximum absolute atomic E-state index is 5.91. The Morgan fingerprint density at radius 1 is 0.947 bits per heavy atom. The Kier molecular flexibility index (Phi) is 5.03. The Hall–Kier alpha value is -0.830. The SMILES string of the molecule is CC(N[C@@H](C)c1ccc(Cl)cc1)c1cccc(Br)c1. The molecule has 0 spiro atoms. The van der Waals surface area contributed by atoms with Crippen molar-refractivity contribution < 1.29 is 0 Å². The van der Waals surface area contributed by atoms with Crippen molar-refractivity contribution in [3.05, 3.63) is 69.2 Å². The molecule has 0 aliphatic heterocycles. The average molecular weight is 339 g/mol. The van der Waals surface area contributed by atoms with Gasteiger partial charge in [0.15, 0.2) is 0 Å². The molecule has 2 atom stereocenters. The average Bonchev–Trinajstić information content (AvgIpc) is 2.39. The van der Waals surface area contributed by atoms with Crippen LogP contribution in [0.25, 0.3) is 0 Å². The number of benzene rings is 2. The summed E-state index contributed by atoms with van der Waals surface area (Å²) in [6.45, 7) is 4.34. The van der Waals surface area contributed by atoms with Crippen molar-refractivity contribution in [3.63, 3.8) is 0 Å². The molecule has 19 heavy (non-hydrogen) atoms. The molecule has 0 radical (unpaired) electrons. The second-order valence-corrected chi connectivity index (χ2v) is 6.07. The largest absolute Gasteiger partial charge is 0.304 e. The number of halogens is 2. The van der Waals surface area contributed by atoms with E-state index in [1.807, 2.05) is 18.2 Å². The zero-order valence-electron chi connectivity index (χ0n) is 11.0. The smallest absolute Gasteiger partial charge is 0.0406 e. The third-order valence-corrected chi connectivity index (χ3v) is 3.96. The van der Waals surface area contributed by atoms with Crippen LogP contribution in [0.2, 0.25) is 5.02 Å². The molecule has 0 aromatic heterocycles. The highest BCUT2D eigenvalue weighted by Gasteiger charge is 2.11. The van der Waals surface area contributed by atoms with E-state index in [1.54, 1.807) is 0 Å². The highest BCUT2D eigenvalue weighted by Crippen LogP contribution is 2.22. The van der Waals surface area contributed by atoms with Gasteiger partial charge in [0.05, 0.1) is 0 Å². The van der Waals surface area contributed by atoms with Gasteiger partial charge in [-0.2, -0.15) is 0 Å². The van der Waals surface area contributed by atoms with Crippen LogP contribution in [-0.4, -0.2) is 0 Å². The monoisotopic (exact) mass is 337 g/mol. The minimum absolute atomic E-state index is 0.284. The molecule has 100 valence electrons. The van der Waals surface area contributed by atoms with E-state index in [0.29, 0.717) is 6.04 Å². The Morgan fingerprint density at radius 3 is 2.21 bits per heavy atom. The van der Waals surface area contributed by atoms with Gasteiger partial charge in [0.1, 0.15) is 0 Å². The molecule has 2 rings (SSSR count). The Balaban J connectivity index is 2.06. The lowest BCUT2D eigenvalue weighted by Gasteiger charge is -2.21. The van der Waals surface area contributed by atoms with E-state index >= 15 is 0 Å². The van der Waals surface area contributed by atoms with Crippen LogP contribution in [0.15, 0.2) is 53.0 Å². The molecule has 0 fully saturated rings. The van der Waals surface area contributed by atoms with E-state index in [0.717, 1.165) is 9.50 Å². The van der Waals surface area contributed by atoms with E-state index in [1.165, 1.54) is 11.1 Å². The summed E-state index contributed by atoms with van der Waals surface area (Å²) in [7, 11) is 0. The zero-order chi connectivity index (χ0) is 13.8. The number of hydrogen-bond donors (Lipinski definition) is 1. The fourth-order valence-corrected chi connectivity index (χ4v) is 2.64. The van der Waals surface area contributed by atoms with Crippen LogP contribution in [0.1, 0.15) is 37.1 Å². The molecule has 0 aliphatic rings. The molecule has 0 saturated heterocycles. The third-order valence-electron chi connectivity index (χ3n) is 3.22. The molecule has 2 aromatic carbocycles. The van der Waals surface area contributed by atoms with Crippen molar-refractivity contribution in [2.45, 2.75) is 25.9 Å². The maximum Gasteiger partial charge on any atom is 0.0406 e. The van der Waals surface area contributed by atoms with E-state index in [9.17, 15) is 0 Å². The van der Waals surface area contributed by atoms with Crippen LogP contribution < -0.4 is 5.32 Å². The Bertz CT molecular complexity index is 539. The summed E-state index contributed by atoms with van der Waals surface area (Å²) < 4.78 is 1.11. The van der Waals surface area contributed by atoms with Crippen molar-refractivity contribution in [1.29, 1.82) is 0 Å². The first-order chi connectivity index (χ1) is 9.06. The third kappa shape index (κ3) is 4.07. The molecule has 3 heteroatoms. The Labute approximate surface area is 128 Å². The molecular weight excluding hydrogens is 322 g/mol. The highest BCUT2D eigenvalue weighted by molar-refractivity contribution is 9.10. The molecule has 0 amide bonds. The predicted molar refractivity (Wildman–Crippen MR) is 85.6 cm³/mol. The van der Waals surface area contributed by atoms with Crippen LogP contribution in [0, 0.1) is 0 Å². The molecule has 1 N–H and O–H groups in total. The van der Waals surface area contributed by atoms with Gasteiger partial charge < -0.3 is 5.32 Å². The van der Waals surface area contributed by atoms with E-state index in [-0.39, 0.29) is 6.04 Å². The molecule has 2 aromatic rings. The zero-order valence-corrected chi connectivity index (χ0v) is 13.4. The first-order valence-corrected chi connectivity index (χ1v) is 7.50. The first kappa shape index (κ1) is 14.6. The van der Waals surface area contributed by atoms with Gasteiger partial charge in [-0.1, -0.05) is 51.8 Å². The van der Waals surface area contributed by atoms with Gasteiger partial charge in [0.2, 0.25) is 0 Å². The summed E-state index contributed by atoms with van der Waals surface area (Å²) in [5.74, 6) is 0. The summed E-state index contributed by atoms with van der Waals surface area (Å²) in [4.78, 5) is 0. The van der Waals surface area contributed by atoms with E-state index in [2.05, 4.69) is 65.4 Å².